The van der Waals surface area contributed by atoms with Crippen molar-refractivity contribution in [3.63, 3.8) is 0 Å². The van der Waals surface area contributed by atoms with E-state index < -0.39 is 21.5 Å². The number of ether oxygens (including phenoxy) is 1. The van der Waals surface area contributed by atoms with E-state index >= 15 is 0 Å². The van der Waals surface area contributed by atoms with E-state index in [-0.39, 0.29) is 0 Å². The first-order valence-electron chi connectivity index (χ1n) is 4.92. The fourth-order valence-electron chi connectivity index (χ4n) is 0.764. The normalized spacial score (nSPS) is 8.94. The fraction of sp³-hybridized carbons (Fsp3) is 0.500. The van der Waals surface area contributed by atoms with Crippen LogP contribution in [0, 0.1) is 20.2 Å². The molecule has 1 N–H and O–H groups in total. The quantitative estimate of drug-likeness (QED) is 0.350. The number of nitro groups is 2. The first-order chi connectivity index (χ1) is 8.52. The first-order valence-corrected chi connectivity index (χ1v) is 4.92. The van der Waals surface area contributed by atoms with Crippen molar-refractivity contribution in [1.29, 1.82) is 0 Å². The minimum atomic E-state index is -0.816. The van der Waals surface area contributed by atoms with Crippen molar-refractivity contribution in [1.82, 2.24) is 10.2 Å². The Hall–Kier alpha value is -2.52. The maximum absolute atomic E-state index is 9.95. The van der Waals surface area contributed by atoms with E-state index in [9.17, 15) is 25.0 Å². The monoisotopic (exact) mass is 260 g/mol. The molecule has 1 rings (SSSR count). The van der Waals surface area contributed by atoms with Gasteiger partial charge in [-0.1, -0.05) is 13.3 Å². The summed E-state index contributed by atoms with van der Waals surface area (Å²) in [4.78, 5) is 27.7. The number of unbranched alkanes of at least 4 members (excludes halogenated alkanes) is 1. The molecule has 0 fully saturated rings. The van der Waals surface area contributed by atoms with Gasteiger partial charge in [-0.15, -0.1) is 0 Å². The highest BCUT2D eigenvalue weighted by molar-refractivity contribution is 5.36. The minimum absolute atomic E-state index is 0.482. The number of hydrogen-bond acceptors (Lipinski definition) is 7. The maximum atomic E-state index is 9.95. The third-order valence-electron chi connectivity index (χ3n) is 1.62. The van der Waals surface area contributed by atoms with Crippen LogP contribution in [0.15, 0.2) is 6.07 Å². The Labute approximate surface area is 101 Å². The molecule has 1 aromatic heterocycles. The lowest BCUT2D eigenvalue weighted by atomic mass is 10.4. The molecular formula is C8H12N4O6. The molecule has 0 aliphatic carbocycles. The van der Waals surface area contributed by atoms with Crippen molar-refractivity contribution in [2.45, 2.75) is 19.8 Å². The second kappa shape index (κ2) is 8.61. The molecule has 0 saturated carbocycles. The standard InChI is InChI=1S/C5H10O2.C3H2N4O4/c1-2-3-4-7-5-6;8-6(9)2-1-3(5-4-2)7(10)11/h5H,2-4H2,1H3;1H,(H,4,5). The summed E-state index contributed by atoms with van der Waals surface area (Å²) in [6, 6.07) is 0.750. The predicted octanol–water partition coefficient (Wildman–Crippen LogP) is 1.19. The predicted molar refractivity (Wildman–Crippen MR) is 58.8 cm³/mol. The SMILES string of the molecule is CCCCOC=O.O=[N+]([O-])c1cc([N+](=O)[O-])[nH]n1. The number of H-pyrrole nitrogens is 1. The van der Waals surface area contributed by atoms with Gasteiger partial charge in [0.1, 0.15) is 11.2 Å². The van der Waals surface area contributed by atoms with E-state index in [0.717, 1.165) is 18.9 Å². The number of carbonyl (C=O) groups excluding carboxylic acids is 1. The van der Waals surface area contributed by atoms with Crippen LogP contribution in [0.3, 0.4) is 0 Å². The largest absolute Gasteiger partial charge is 0.468 e. The van der Waals surface area contributed by atoms with E-state index in [1.54, 1.807) is 0 Å². The van der Waals surface area contributed by atoms with Gasteiger partial charge in [0.25, 0.3) is 6.47 Å². The molecular weight excluding hydrogens is 248 g/mol. The number of aromatic amines is 1. The van der Waals surface area contributed by atoms with Crippen LogP contribution < -0.4 is 0 Å². The fourth-order valence-corrected chi connectivity index (χ4v) is 0.764. The zero-order valence-electron chi connectivity index (χ0n) is 9.57. The lowest BCUT2D eigenvalue weighted by Gasteiger charge is -1.90. The second-order valence-corrected chi connectivity index (χ2v) is 2.95. The van der Waals surface area contributed by atoms with Gasteiger partial charge < -0.3 is 25.0 Å². The van der Waals surface area contributed by atoms with Crippen LogP contribution in [-0.2, 0) is 9.53 Å². The molecule has 0 aromatic carbocycles. The Balaban J connectivity index is 0.000000360. The van der Waals surface area contributed by atoms with Crippen LogP contribution in [0.1, 0.15) is 19.8 Å². The topological polar surface area (TPSA) is 141 Å². The third kappa shape index (κ3) is 6.15. The Bertz CT molecular complexity index is 376. The minimum Gasteiger partial charge on any atom is -0.468 e. The van der Waals surface area contributed by atoms with Crippen LogP contribution in [0.25, 0.3) is 0 Å². The van der Waals surface area contributed by atoms with Crippen molar-refractivity contribution in [3.05, 3.63) is 26.3 Å². The summed E-state index contributed by atoms with van der Waals surface area (Å²) < 4.78 is 4.39. The summed E-state index contributed by atoms with van der Waals surface area (Å²) in [5.41, 5.74) is 0. The average molecular weight is 260 g/mol. The van der Waals surface area contributed by atoms with Gasteiger partial charge in [0, 0.05) is 0 Å². The van der Waals surface area contributed by atoms with E-state index in [4.69, 9.17) is 0 Å². The number of nitrogens with zero attached hydrogens (tertiary/aromatic N) is 3. The molecule has 0 bridgehead atoms. The third-order valence-corrected chi connectivity index (χ3v) is 1.62. The van der Waals surface area contributed by atoms with Crippen LogP contribution >= 0.6 is 0 Å². The average Bonchev–Trinajstić information content (AvgIpc) is 2.80. The summed E-state index contributed by atoms with van der Waals surface area (Å²) in [6.07, 6.45) is 2.05. The molecule has 1 aromatic rings. The highest BCUT2D eigenvalue weighted by Crippen LogP contribution is 2.13. The number of hydrogen-bond donors (Lipinski definition) is 1. The molecule has 0 aliphatic rings. The number of carbonyl (C=O) groups is 1. The van der Waals surface area contributed by atoms with Crippen molar-refractivity contribution in [2.75, 3.05) is 6.61 Å². The molecule has 10 nitrogen and oxygen atoms in total. The summed E-state index contributed by atoms with van der Waals surface area (Å²) in [7, 11) is 0. The Morgan fingerprint density at radius 2 is 2.11 bits per heavy atom. The maximum Gasteiger partial charge on any atom is 0.420 e. The molecule has 0 radical (unpaired) electrons. The number of rotatable bonds is 6. The molecule has 0 saturated heterocycles. The van der Waals surface area contributed by atoms with Crippen molar-refractivity contribution in [2.24, 2.45) is 0 Å². The zero-order valence-corrected chi connectivity index (χ0v) is 9.57. The molecule has 0 aliphatic heterocycles. The molecule has 0 spiro atoms. The van der Waals surface area contributed by atoms with Gasteiger partial charge in [0.2, 0.25) is 0 Å². The van der Waals surface area contributed by atoms with Crippen molar-refractivity contribution < 1.29 is 19.4 Å². The molecule has 10 heteroatoms. The highest BCUT2D eigenvalue weighted by atomic mass is 16.6. The van der Waals surface area contributed by atoms with Gasteiger partial charge in [-0.25, -0.2) is 0 Å². The van der Waals surface area contributed by atoms with E-state index in [0.29, 0.717) is 13.1 Å². The highest BCUT2D eigenvalue weighted by Gasteiger charge is 2.18. The van der Waals surface area contributed by atoms with Crippen LogP contribution in [-0.4, -0.2) is 33.1 Å². The van der Waals surface area contributed by atoms with Gasteiger partial charge >= 0.3 is 11.6 Å². The smallest absolute Gasteiger partial charge is 0.420 e. The molecule has 0 amide bonds. The van der Waals surface area contributed by atoms with Crippen molar-refractivity contribution >= 4 is 18.1 Å². The van der Waals surface area contributed by atoms with E-state index in [2.05, 4.69) is 9.84 Å². The molecule has 0 unspecified atom stereocenters. The summed E-state index contributed by atoms with van der Waals surface area (Å²) >= 11 is 0. The van der Waals surface area contributed by atoms with Gasteiger partial charge in [-0.2, -0.15) is 0 Å². The van der Waals surface area contributed by atoms with E-state index in [1.165, 1.54) is 0 Å². The molecule has 18 heavy (non-hydrogen) atoms. The van der Waals surface area contributed by atoms with Crippen LogP contribution in [0.5, 0.6) is 0 Å². The number of aromatic nitrogens is 2. The van der Waals surface area contributed by atoms with E-state index in [1.807, 2.05) is 12.0 Å². The molecule has 1 heterocycles. The van der Waals surface area contributed by atoms with Gasteiger partial charge in [-0.05, 0) is 21.4 Å². The Morgan fingerprint density at radius 3 is 2.44 bits per heavy atom. The van der Waals surface area contributed by atoms with Gasteiger partial charge in [0.15, 0.2) is 0 Å². The zero-order chi connectivity index (χ0) is 14.0. The molecule has 100 valence electrons. The summed E-state index contributed by atoms with van der Waals surface area (Å²) in [5, 5.41) is 24.9. The van der Waals surface area contributed by atoms with Gasteiger partial charge in [0.05, 0.1) is 6.61 Å². The van der Waals surface area contributed by atoms with Gasteiger partial charge in [-0.3, -0.25) is 4.79 Å². The first kappa shape index (κ1) is 15.5. The summed E-state index contributed by atoms with van der Waals surface area (Å²) in [5.74, 6) is -1.05. The Morgan fingerprint density at radius 1 is 1.44 bits per heavy atom. The van der Waals surface area contributed by atoms with Crippen molar-refractivity contribution in [3.8, 4) is 0 Å². The van der Waals surface area contributed by atoms with Crippen LogP contribution in [0.4, 0.5) is 11.6 Å². The summed E-state index contributed by atoms with van der Waals surface area (Å²) in [6.45, 7) is 3.10. The lowest BCUT2D eigenvalue weighted by molar-refractivity contribution is -0.394. The Kier molecular flexibility index (Phi) is 7.41. The molecule has 0 atom stereocenters. The van der Waals surface area contributed by atoms with Crippen LogP contribution in [0.2, 0.25) is 0 Å². The number of nitrogens with one attached hydrogen (secondary N) is 1. The lowest BCUT2D eigenvalue weighted by Crippen LogP contribution is -1.88. The second-order valence-electron chi connectivity index (χ2n) is 2.95.